The van der Waals surface area contributed by atoms with Gasteiger partial charge in [0.15, 0.2) is 5.69 Å². The van der Waals surface area contributed by atoms with Crippen LogP contribution in [0.4, 0.5) is 11.5 Å². The molecule has 2 rings (SSSR count). The Kier molecular flexibility index (Phi) is 3.42. The molecule has 0 atom stereocenters. The van der Waals surface area contributed by atoms with Crippen molar-refractivity contribution in [1.29, 1.82) is 0 Å². The molecule has 0 fully saturated rings. The normalized spacial score (nSPS) is 10.2. The number of carboxylic acid groups (broad SMARTS) is 1. The molecule has 0 spiro atoms. The van der Waals surface area contributed by atoms with Crippen LogP contribution in [0.1, 0.15) is 10.5 Å². The molecular weight excluding hydrogens is 234 g/mol. The molecule has 0 radical (unpaired) electrons. The van der Waals surface area contributed by atoms with Crippen LogP contribution in [-0.4, -0.2) is 32.4 Å². The van der Waals surface area contributed by atoms with E-state index < -0.39 is 5.97 Å². The minimum Gasteiger partial charge on any atom is -0.477 e. The molecular formula is C11H13N5O2. The summed E-state index contributed by atoms with van der Waals surface area (Å²) in [5.74, 6) is -0.702. The Bertz CT molecular complexity index is 538. The molecule has 0 aliphatic heterocycles. The summed E-state index contributed by atoms with van der Waals surface area (Å²) in [7, 11) is 0. The highest BCUT2D eigenvalue weighted by Gasteiger charge is 2.08. The first-order chi connectivity index (χ1) is 8.66. The van der Waals surface area contributed by atoms with Crippen molar-refractivity contribution in [2.45, 2.75) is 6.54 Å². The van der Waals surface area contributed by atoms with E-state index in [-0.39, 0.29) is 5.69 Å². The summed E-state index contributed by atoms with van der Waals surface area (Å²) in [5, 5.41) is 15.9. The lowest BCUT2D eigenvalue weighted by molar-refractivity contribution is 0.0690. The van der Waals surface area contributed by atoms with Crippen LogP contribution in [0.5, 0.6) is 0 Å². The number of nitrogens with zero attached hydrogens (tertiary/aromatic N) is 3. The second-order valence-electron chi connectivity index (χ2n) is 3.64. The molecule has 94 valence electrons. The molecule has 0 saturated heterocycles. The molecule has 0 bridgehead atoms. The standard InChI is InChI=1S/C11H13N5O2/c12-8-2-3-9(11(17)18)15-10(8)13-5-7-16-6-1-4-14-16/h1-4,6H,5,7,12H2,(H,13,15)(H,17,18). The highest BCUT2D eigenvalue weighted by molar-refractivity contribution is 5.86. The molecule has 2 heterocycles. The number of rotatable bonds is 5. The van der Waals surface area contributed by atoms with Crippen LogP contribution in [0.2, 0.25) is 0 Å². The predicted molar refractivity (Wildman–Crippen MR) is 66.3 cm³/mol. The molecule has 7 heteroatoms. The molecule has 2 aromatic heterocycles. The summed E-state index contributed by atoms with van der Waals surface area (Å²) in [5.41, 5.74) is 6.09. The average Bonchev–Trinajstić information content (AvgIpc) is 2.84. The van der Waals surface area contributed by atoms with E-state index in [0.29, 0.717) is 24.6 Å². The number of anilines is 2. The van der Waals surface area contributed by atoms with E-state index in [2.05, 4.69) is 15.4 Å². The number of aromatic nitrogens is 3. The number of carbonyl (C=O) groups is 1. The zero-order valence-electron chi connectivity index (χ0n) is 9.58. The van der Waals surface area contributed by atoms with Crippen molar-refractivity contribution in [3.05, 3.63) is 36.3 Å². The topological polar surface area (TPSA) is 106 Å². The van der Waals surface area contributed by atoms with Crippen LogP contribution in [0.25, 0.3) is 0 Å². The third kappa shape index (κ3) is 2.76. The van der Waals surface area contributed by atoms with Gasteiger partial charge in [-0.15, -0.1) is 0 Å². The largest absolute Gasteiger partial charge is 0.477 e. The van der Waals surface area contributed by atoms with Gasteiger partial charge in [-0.1, -0.05) is 0 Å². The molecule has 7 nitrogen and oxygen atoms in total. The van der Waals surface area contributed by atoms with Crippen LogP contribution in [-0.2, 0) is 6.54 Å². The first kappa shape index (κ1) is 11.9. The minimum absolute atomic E-state index is 0.0363. The van der Waals surface area contributed by atoms with E-state index in [1.165, 1.54) is 12.1 Å². The maximum absolute atomic E-state index is 10.8. The van der Waals surface area contributed by atoms with Crippen LogP contribution in [0.3, 0.4) is 0 Å². The van der Waals surface area contributed by atoms with E-state index in [4.69, 9.17) is 10.8 Å². The lowest BCUT2D eigenvalue weighted by atomic mass is 10.3. The lowest BCUT2D eigenvalue weighted by Crippen LogP contribution is -2.14. The zero-order valence-corrected chi connectivity index (χ0v) is 9.58. The minimum atomic E-state index is -1.08. The van der Waals surface area contributed by atoms with Gasteiger partial charge in [0, 0.05) is 18.9 Å². The zero-order chi connectivity index (χ0) is 13.0. The smallest absolute Gasteiger partial charge is 0.354 e. The van der Waals surface area contributed by atoms with E-state index in [1.54, 1.807) is 10.9 Å². The van der Waals surface area contributed by atoms with E-state index >= 15 is 0 Å². The average molecular weight is 247 g/mol. The van der Waals surface area contributed by atoms with Crippen molar-refractivity contribution < 1.29 is 9.90 Å². The molecule has 0 aromatic carbocycles. The van der Waals surface area contributed by atoms with Crippen molar-refractivity contribution in [2.24, 2.45) is 0 Å². The maximum atomic E-state index is 10.8. The summed E-state index contributed by atoms with van der Waals surface area (Å²) in [6.45, 7) is 1.20. The number of nitrogen functional groups attached to an aromatic ring is 1. The second kappa shape index (κ2) is 5.17. The first-order valence-electron chi connectivity index (χ1n) is 5.38. The number of hydrogen-bond acceptors (Lipinski definition) is 5. The van der Waals surface area contributed by atoms with Gasteiger partial charge in [0.25, 0.3) is 0 Å². The molecule has 0 aliphatic rings. The number of nitrogens with one attached hydrogen (secondary N) is 1. The predicted octanol–water partition coefficient (Wildman–Crippen LogP) is 0.671. The second-order valence-corrected chi connectivity index (χ2v) is 3.64. The van der Waals surface area contributed by atoms with Gasteiger partial charge in [-0.25, -0.2) is 9.78 Å². The number of hydrogen-bond donors (Lipinski definition) is 3. The number of pyridine rings is 1. The highest BCUT2D eigenvalue weighted by Crippen LogP contribution is 2.15. The van der Waals surface area contributed by atoms with Crippen molar-refractivity contribution in [2.75, 3.05) is 17.6 Å². The van der Waals surface area contributed by atoms with Crippen LogP contribution >= 0.6 is 0 Å². The Labute approximate surface area is 103 Å². The van der Waals surface area contributed by atoms with Gasteiger partial charge in [-0.3, -0.25) is 4.68 Å². The third-order valence-corrected chi connectivity index (χ3v) is 2.34. The molecule has 0 amide bonds. The summed E-state index contributed by atoms with van der Waals surface area (Å²) in [4.78, 5) is 14.7. The molecule has 18 heavy (non-hydrogen) atoms. The maximum Gasteiger partial charge on any atom is 0.354 e. The fourth-order valence-corrected chi connectivity index (χ4v) is 1.45. The fraction of sp³-hybridized carbons (Fsp3) is 0.182. The van der Waals surface area contributed by atoms with Gasteiger partial charge in [-0.2, -0.15) is 5.10 Å². The van der Waals surface area contributed by atoms with Crippen molar-refractivity contribution in [3.8, 4) is 0 Å². The van der Waals surface area contributed by atoms with Gasteiger partial charge < -0.3 is 16.2 Å². The van der Waals surface area contributed by atoms with Crippen molar-refractivity contribution in [1.82, 2.24) is 14.8 Å². The summed E-state index contributed by atoms with van der Waals surface area (Å²) in [6, 6.07) is 4.72. The molecule has 0 aliphatic carbocycles. The molecule has 0 unspecified atom stereocenters. The number of aromatic carboxylic acids is 1. The van der Waals surface area contributed by atoms with Gasteiger partial charge in [0.2, 0.25) is 0 Å². The Balaban J connectivity index is 2.00. The Morgan fingerprint density at radius 3 is 3.00 bits per heavy atom. The van der Waals surface area contributed by atoms with E-state index in [1.807, 2.05) is 12.3 Å². The van der Waals surface area contributed by atoms with Crippen LogP contribution in [0, 0.1) is 0 Å². The summed E-state index contributed by atoms with van der Waals surface area (Å²) >= 11 is 0. The van der Waals surface area contributed by atoms with Gasteiger partial charge in [0.05, 0.1) is 12.2 Å². The highest BCUT2D eigenvalue weighted by atomic mass is 16.4. The Morgan fingerprint density at radius 1 is 1.50 bits per heavy atom. The SMILES string of the molecule is Nc1ccc(C(=O)O)nc1NCCn1cccn1. The van der Waals surface area contributed by atoms with Crippen molar-refractivity contribution in [3.63, 3.8) is 0 Å². The van der Waals surface area contributed by atoms with Gasteiger partial charge in [0.1, 0.15) is 5.82 Å². The van der Waals surface area contributed by atoms with E-state index in [9.17, 15) is 4.79 Å². The summed E-state index contributed by atoms with van der Waals surface area (Å²) in [6.07, 6.45) is 3.53. The van der Waals surface area contributed by atoms with Gasteiger partial charge >= 0.3 is 5.97 Å². The Morgan fingerprint density at radius 2 is 2.33 bits per heavy atom. The van der Waals surface area contributed by atoms with Crippen molar-refractivity contribution >= 4 is 17.5 Å². The molecule has 4 N–H and O–H groups in total. The van der Waals surface area contributed by atoms with Gasteiger partial charge in [-0.05, 0) is 18.2 Å². The fourth-order valence-electron chi connectivity index (χ4n) is 1.45. The number of nitrogens with two attached hydrogens (primary N) is 1. The van der Waals surface area contributed by atoms with Crippen LogP contribution in [0.15, 0.2) is 30.6 Å². The Hall–Kier alpha value is -2.57. The molecule has 2 aromatic rings. The third-order valence-electron chi connectivity index (χ3n) is 2.34. The molecule has 0 saturated carbocycles. The lowest BCUT2D eigenvalue weighted by Gasteiger charge is -2.09. The number of carboxylic acids is 1. The summed E-state index contributed by atoms with van der Waals surface area (Å²) < 4.78 is 1.75. The first-order valence-corrected chi connectivity index (χ1v) is 5.38. The van der Waals surface area contributed by atoms with Crippen LogP contribution < -0.4 is 11.1 Å². The quantitative estimate of drug-likeness (QED) is 0.717. The van der Waals surface area contributed by atoms with E-state index in [0.717, 1.165) is 0 Å². The monoisotopic (exact) mass is 247 g/mol.